The Morgan fingerprint density at radius 3 is 2.93 bits per heavy atom. The predicted molar refractivity (Wildman–Crippen MR) is 56.1 cm³/mol. The summed E-state index contributed by atoms with van der Waals surface area (Å²) in [6, 6.07) is 4.10. The number of hydrogen-bond acceptors (Lipinski definition) is 2. The first kappa shape index (κ1) is 9.66. The highest BCUT2D eigenvalue weighted by Crippen LogP contribution is 2.31. The van der Waals surface area contributed by atoms with Crippen molar-refractivity contribution < 1.29 is 5.11 Å². The molecule has 76 valence electrons. The van der Waals surface area contributed by atoms with Crippen LogP contribution < -0.4 is 0 Å². The zero-order valence-corrected chi connectivity index (χ0v) is 8.39. The third-order valence-corrected chi connectivity index (χ3v) is 3.05. The highest BCUT2D eigenvalue weighted by Gasteiger charge is 2.19. The lowest BCUT2D eigenvalue weighted by Gasteiger charge is -2.16. The van der Waals surface area contributed by atoms with Gasteiger partial charge in [0.15, 0.2) is 0 Å². The highest BCUT2D eigenvalue weighted by atomic mass is 16.3. The van der Waals surface area contributed by atoms with Crippen LogP contribution in [0.1, 0.15) is 43.6 Å². The third kappa shape index (κ3) is 2.32. The summed E-state index contributed by atoms with van der Waals surface area (Å²) in [6.07, 6.45) is 9.10. The Balaban J connectivity index is 2.09. The van der Waals surface area contributed by atoms with E-state index in [-0.39, 0.29) is 6.10 Å². The zero-order valence-electron chi connectivity index (χ0n) is 8.39. The van der Waals surface area contributed by atoms with E-state index in [2.05, 4.69) is 11.1 Å². The molecule has 1 aromatic heterocycles. The molecule has 0 amide bonds. The van der Waals surface area contributed by atoms with Crippen molar-refractivity contribution in [2.24, 2.45) is 0 Å². The molecule has 0 bridgehead atoms. The Labute approximate surface area is 85.0 Å². The first-order chi connectivity index (χ1) is 6.86. The maximum Gasteiger partial charge on any atom is 0.0546 e. The van der Waals surface area contributed by atoms with Gasteiger partial charge in [0.2, 0.25) is 0 Å². The molecule has 1 aliphatic rings. The average molecular weight is 191 g/mol. The number of nitrogens with zero attached hydrogens (tertiary/aromatic N) is 1. The topological polar surface area (TPSA) is 33.1 Å². The zero-order chi connectivity index (χ0) is 9.80. The van der Waals surface area contributed by atoms with Crippen molar-refractivity contribution in [2.75, 3.05) is 0 Å². The molecule has 1 aromatic rings. The predicted octanol–water partition coefficient (Wildman–Crippen LogP) is 2.49. The summed E-state index contributed by atoms with van der Waals surface area (Å²) < 4.78 is 0. The Morgan fingerprint density at radius 2 is 2.14 bits per heavy atom. The van der Waals surface area contributed by atoms with Crippen LogP contribution in [0.5, 0.6) is 0 Å². The summed E-state index contributed by atoms with van der Waals surface area (Å²) in [4.78, 5) is 4.13. The van der Waals surface area contributed by atoms with Crippen LogP contribution in [0.2, 0.25) is 0 Å². The van der Waals surface area contributed by atoms with Crippen molar-refractivity contribution in [1.82, 2.24) is 4.98 Å². The van der Waals surface area contributed by atoms with Gasteiger partial charge in [0.1, 0.15) is 0 Å². The van der Waals surface area contributed by atoms with E-state index in [0.29, 0.717) is 5.92 Å². The van der Waals surface area contributed by atoms with E-state index in [0.717, 1.165) is 19.3 Å². The summed E-state index contributed by atoms with van der Waals surface area (Å²) in [6.45, 7) is 0. The first-order valence-electron chi connectivity index (χ1n) is 5.44. The van der Waals surface area contributed by atoms with Crippen LogP contribution in [0.25, 0.3) is 0 Å². The van der Waals surface area contributed by atoms with Crippen LogP contribution in [0.4, 0.5) is 0 Å². The van der Waals surface area contributed by atoms with Gasteiger partial charge in [0.25, 0.3) is 0 Å². The normalized spacial score (nSPS) is 28.4. The second kappa shape index (κ2) is 4.56. The van der Waals surface area contributed by atoms with Gasteiger partial charge < -0.3 is 5.11 Å². The molecule has 1 aliphatic carbocycles. The monoisotopic (exact) mass is 191 g/mol. The maximum atomic E-state index is 9.70. The molecule has 14 heavy (non-hydrogen) atoms. The molecule has 2 rings (SSSR count). The second-order valence-electron chi connectivity index (χ2n) is 4.16. The lowest BCUT2D eigenvalue weighted by molar-refractivity contribution is 0.152. The molecule has 2 atom stereocenters. The van der Waals surface area contributed by atoms with Crippen LogP contribution in [0.15, 0.2) is 24.5 Å². The molecule has 2 heteroatoms. The molecule has 0 aromatic carbocycles. The van der Waals surface area contributed by atoms with Crippen molar-refractivity contribution >= 4 is 0 Å². The minimum Gasteiger partial charge on any atom is -0.393 e. The van der Waals surface area contributed by atoms with Crippen LogP contribution in [0.3, 0.4) is 0 Å². The fourth-order valence-corrected chi connectivity index (χ4v) is 2.26. The molecule has 2 nitrogen and oxygen atoms in total. The molecule has 1 N–H and O–H groups in total. The Hall–Kier alpha value is -0.890. The maximum absolute atomic E-state index is 9.70. The van der Waals surface area contributed by atoms with Crippen LogP contribution in [0, 0.1) is 0 Å². The Morgan fingerprint density at radius 1 is 1.29 bits per heavy atom. The van der Waals surface area contributed by atoms with E-state index in [4.69, 9.17) is 0 Å². The molecule has 0 radical (unpaired) electrons. The Bertz CT molecular complexity index is 273. The van der Waals surface area contributed by atoms with Crippen molar-refractivity contribution in [2.45, 2.75) is 44.1 Å². The summed E-state index contributed by atoms with van der Waals surface area (Å²) in [5.41, 5.74) is 1.29. The van der Waals surface area contributed by atoms with Gasteiger partial charge in [-0.05, 0) is 36.8 Å². The van der Waals surface area contributed by atoms with Gasteiger partial charge in [-0.3, -0.25) is 4.98 Å². The van der Waals surface area contributed by atoms with E-state index in [1.165, 1.54) is 18.4 Å². The molecule has 1 heterocycles. The van der Waals surface area contributed by atoms with Crippen molar-refractivity contribution in [3.8, 4) is 0 Å². The molecule has 0 spiro atoms. The van der Waals surface area contributed by atoms with Gasteiger partial charge in [-0.15, -0.1) is 0 Å². The Kier molecular flexibility index (Phi) is 3.14. The van der Waals surface area contributed by atoms with E-state index >= 15 is 0 Å². The van der Waals surface area contributed by atoms with E-state index in [9.17, 15) is 5.11 Å². The van der Waals surface area contributed by atoms with E-state index < -0.39 is 0 Å². The van der Waals surface area contributed by atoms with Crippen LogP contribution in [-0.2, 0) is 0 Å². The van der Waals surface area contributed by atoms with E-state index in [1.54, 1.807) is 6.20 Å². The van der Waals surface area contributed by atoms with Crippen LogP contribution in [-0.4, -0.2) is 16.2 Å². The number of aliphatic hydroxyl groups is 1. The van der Waals surface area contributed by atoms with Crippen LogP contribution >= 0.6 is 0 Å². The van der Waals surface area contributed by atoms with Crippen molar-refractivity contribution in [3.63, 3.8) is 0 Å². The van der Waals surface area contributed by atoms with Gasteiger partial charge >= 0.3 is 0 Å². The molecule has 1 fully saturated rings. The number of rotatable bonds is 1. The first-order valence-corrected chi connectivity index (χ1v) is 5.44. The fraction of sp³-hybridized carbons (Fsp3) is 0.583. The molecular formula is C12H17NO. The minimum atomic E-state index is -0.109. The van der Waals surface area contributed by atoms with Crippen molar-refractivity contribution in [1.29, 1.82) is 0 Å². The molecule has 2 unspecified atom stereocenters. The summed E-state index contributed by atoms with van der Waals surface area (Å²) in [5.74, 6) is 0.515. The lowest BCUT2D eigenvalue weighted by atomic mass is 9.92. The third-order valence-electron chi connectivity index (χ3n) is 3.05. The van der Waals surface area contributed by atoms with Gasteiger partial charge in [-0.2, -0.15) is 0 Å². The number of aliphatic hydroxyl groups excluding tert-OH is 1. The fourth-order valence-electron chi connectivity index (χ4n) is 2.26. The largest absolute Gasteiger partial charge is 0.393 e. The van der Waals surface area contributed by atoms with Gasteiger partial charge in [-0.25, -0.2) is 0 Å². The molecular weight excluding hydrogens is 174 g/mol. The lowest BCUT2D eigenvalue weighted by Crippen LogP contribution is -2.09. The average Bonchev–Trinajstić information content (AvgIpc) is 2.44. The summed E-state index contributed by atoms with van der Waals surface area (Å²) >= 11 is 0. The summed E-state index contributed by atoms with van der Waals surface area (Å²) in [5, 5.41) is 9.70. The summed E-state index contributed by atoms with van der Waals surface area (Å²) in [7, 11) is 0. The van der Waals surface area contributed by atoms with Gasteiger partial charge in [0, 0.05) is 12.4 Å². The molecule has 1 saturated carbocycles. The van der Waals surface area contributed by atoms with Crippen molar-refractivity contribution in [3.05, 3.63) is 30.1 Å². The second-order valence-corrected chi connectivity index (χ2v) is 4.16. The minimum absolute atomic E-state index is 0.109. The quantitative estimate of drug-likeness (QED) is 0.692. The highest BCUT2D eigenvalue weighted by molar-refractivity contribution is 5.15. The van der Waals surface area contributed by atoms with Gasteiger partial charge in [-0.1, -0.05) is 18.9 Å². The molecule has 0 saturated heterocycles. The van der Waals surface area contributed by atoms with E-state index in [1.807, 2.05) is 12.3 Å². The number of hydrogen-bond donors (Lipinski definition) is 1. The standard InChI is InChI=1S/C12H17NO/c14-12-6-2-1-4-10(8-12)11-5-3-7-13-9-11/h3,5,7,9-10,12,14H,1-2,4,6,8H2. The number of aromatic nitrogens is 1. The van der Waals surface area contributed by atoms with Gasteiger partial charge in [0.05, 0.1) is 6.10 Å². The number of pyridine rings is 1. The molecule has 0 aliphatic heterocycles. The smallest absolute Gasteiger partial charge is 0.0546 e. The SMILES string of the molecule is OC1CCCCC(c2cccnc2)C1.